The van der Waals surface area contributed by atoms with Crippen molar-refractivity contribution in [1.82, 2.24) is 10.2 Å². The Morgan fingerprint density at radius 2 is 2.00 bits per heavy atom. The predicted octanol–water partition coefficient (Wildman–Crippen LogP) is 3.08. The van der Waals surface area contributed by atoms with Crippen LogP contribution in [0.2, 0.25) is 0 Å². The van der Waals surface area contributed by atoms with Gasteiger partial charge in [0, 0.05) is 41.6 Å². The highest BCUT2D eigenvalue weighted by Crippen LogP contribution is 2.31. The molecule has 1 heterocycles. The lowest BCUT2D eigenvalue weighted by Crippen LogP contribution is -2.45. The fraction of sp³-hybridized carbons (Fsp3) is 0.562. The highest BCUT2D eigenvalue weighted by Gasteiger charge is 2.34. The Morgan fingerprint density at radius 3 is 2.67 bits per heavy atom. The van der Waals surface area contributed by atoms with Gasteiger partial charge >= 0.3 is 0 Å². The number of halogens is 2. The summed E-state index contributed by atoms with van der Waals surface area (Å²) < 4.78 is 14.6. The molecule has 5 heteroatoms. The van der Waals surface area contributed by atoms with Crippen LogP contribution in [-0.2, 0) is 11.3 Å². The summed E-state index contributed by atoms with van der Waals surface area (Å²) in [6.45, 7) is 2.19. The smallest absolute Gasteiger partial charge is 0.225 e. The highest BCUT2D eigenvalue weighted by molar-refractivity contribution is 9.10. The topological polar surface area (TPSA) is 32.3 Å². The number of likely N-dealkylation sites (tertiary alicyclic amines) is 1. The third-order valence-electron chi connectivity index (χ3n) is 4.32. The molecule has 1 aliphatic carbocycles. The van der Waals surface area contributed by atoms with Crippen LogP contribution in [0.4, 0.5) is 4.39 Å². The Labute approximate surface area is 133 Å². The molecule has 114 valence electrons. The number of rotatable bonds is 4. The molecule has 1 saturated carbocycles. The summed E-state index contributed by atoms with van der Waals surface area (Å²) in [6.07, 6.45) is 4.04. The van der Waals surface area contributed by atoms with Crippen LogP contribution in [0.5, 0.6) is 0 Å². The van der Waals surface area contributed by atoms with Crippen molar-refractivity contribution in [1.29, 1.82) is 0 Å². The molecule has 0 atom stereocenters. The first kappa shape index (κ1) is 15.0. The summed E-state index contributed by atoms with van der Waals surface area (Å²) >= 11 is 3.37. The van der Waals surface area contributed by atoms with Crippen LogP contribution < -0.4 is 5.32 Å². The van der Waals surface area contributed by atoms with Gasteiger partial charge in [0.25, 0.3) is 0 Å². The van der Waals surface area contributed by atoms with Crippen molar-refractivity contribution in [2.75, 3.05) is 13.1 Å². The van der Waals surface area contributed by atoms with Crippen LogP contribution in [-0.4, -0.2) is 29.9 Å². The Balaban J connectivity index is 1.47. The van der Waals surface area contributed by atoms with Crippen LogP contribution in [0.25, 0.3) is 0 Å². The van der Waals surface area contributed by atoms with Crippen molar-refractivity contribution in [2.45, 2.75) is 38.3 Å². The van der Waals surface area contributed by atoms with Crippen molar-refractivity contribution in [3.05, 3.63) is 34.1 Å². The Hall–Kier alpha value is -0.940. The molecule has 2 aliphatic rings. The quantitative estimate of drug-likeness (QED) is 0.900. The molecule has 0 aromatic heterocycles. The van der Waals surface area contributed by atoms with E-state index in [1.165, 1.54) is 6.07 Å². The lowest BCUT2D eigenvalue weighted by Gasteiger charge is -2.32. The van der Waals surface area contributed by atoms with E-state index in [9.17, 15) is 9.18 Å². The fourth-order valence-corrected chi connectivity index (χ4v) is 3.23. The first-order valence-corrected chi connectivity index (χ1v) is 8.39. The van der Waals surface area contributed by atoms with E-state index in [0.717, 1.165) is 43.2 Å². The molecule has 1 aromatic rings. The molecule has 0 spiro atoms. The number of hydrogen-bond acceptors (Lipinski definition) is 2. The van der Waals surface area contributed by atoms with E-state index in [-0.39, 0.29) is 5.82 Å². The van der Waals surface area contributed by atoms with Crippen molar-refractivity contribution >= 4 is 21.8 Å². The molecule has 3 rings (SSSR count). The molecular formula is C16H20BrFN2O. The van der Waals surface area contributed by atoms with Gasteiger partial charge in [-0.1, -0.05) is 15.9 Å². The van der Waals surface area contributed by atoms with Crippen LogP contribution >= 0.6 is 15.9 Å². The lowest BCUT2D eigenvalue weighted by atomic mass is 10.0. The summed E-state index contributed by atoms with van der Waals surface area (Å²) in [7, 11) is 0. The van der Waals surface area contributed by atoms with Gasteiger partial charge < -0.3 is 10.2 Å². The summed E-state index contributed by atoms with van der Waals surface area (Å²) in [5.41, 5.74) is 0.681. The Morgan fingerprint density at radius 1 is 1.29 bits per heavy atom. The Bertz CT molecular complexity index is 525. The predicted molar refractivity (Wildman–Crippen MR) is 83.3 cm³/mol. The molecule has 1 N–H and O–H groups in total. The van der Waals surface area contributed by atoms with Gasteiger partial charge in [0.15, 0.2) is 0 Å². The number of amides is 1. The minimum Gasteiger partial charge on any atom is -0.342 e. The van der Waals surface area contributed by atoms with Crippen LogP contribution in [0, 0.1) is 11.7 Å². The molecule has 3 nitrogen and oxygen atoms in total. The molecule has 1 aromatic carbocycles. The summed E-state index contributed by atoms with van der Waals surface area (Å²) in [6, 6.07) is 5.37. The van der Waals surface area contributed by atoms with Crippen molar-refractivity contribution in [2.24, 2.45) is 5.92 Å². The third-order valence-corrected chi connectivity index (χ3v) is 4.82. The van der Waals surface area contributed by atoms with Crippen LogP contribution in [0.1, 0.15) is 31.2 Å². The normalized spacial score (nSPS) is 19.8. The SMILES string of the molecule is O=C(C1CC1)N1CCC(NCc2cc(Br)ccc2F)CC1. The molecule has 1 amide bonds. The van der Waals surface area contributed by atoms with E-state index < -0.39 is 0 Å². The zero-order valence-corrected chi connectivity index (χ0v) is 13.5. The van der Waals surface area contributed by atoms with Gasteiger partial charge in [0.1, 0.15) is 5.82 Å². The van der Waals surface area contributed by atoms with Gasteiger partial charge in [-0.15, -0.1) is 0 Å². The van der Waals surface area contributed by atoms with Gasteiger partial charge in [-0.05, 0) is 43.9 Å². The number of benzene rings is 1. The van der Waals surface area contributed by atoms with E-state index in [2.05, 4.69) is 21.2 Å². The van der Waals surface area contributed by atoms with Crippen molar-refractivity contribution in [3.63, 3.8) is 0 Å². The average Bonchev–Trinajstić information content (AvgIpc) is 3.33. The lowest BCUT2D eigenvalue weighted by molar-refractivity contribution is -0.133. The van der Waals surface area contributed by atoms with Gasteiger partial charge in [0.2, 0.25) is 5.91 Å². The molecule has 21 heavy (non-hydrogen) atoms. The van der Waals surface area contributed by atoms with E-state index in [1.54, 1.807) is 6.07 Å². The molecular weight excluding hydrogens is 335 g/mol. The number of nitrogens with one attached hydrogen (secondary N) is 1. The summed E-state index contributed by atoms with van der Waals surface area (Å²) in [5, 5.41) is 3.41. The van der Waals surface area contributed by atoms with E-state index in [4.69, 9.17) is 0 Å². The number of nitrogens with zero attached hydrogens (tertiary/aromatic N) is 1. The molecule has 0 radical (unpaired) electrons. The van der Waals surface area contributed by atoms with E-state index >= 15 is 0 Å². The number of hydrogen-bond donors (Lipinski definition) is 1. The standard InChI is InChI=1S/C16H20BrFN2O/c17-13-3-4-15(18)12(9-13)10-19-14-5-7-20(8-6-14)16(21)11-1-2-11/h3-4,9,11,14,19H,1-2,5-8,10H2. The van der Waals surface area contributed by atoms with Gasteiger partial charge in [-0.2, -0.15) is 0 Å². The number of piperidine rings is 1. The fourth-order valence-electron chi connectivity index (χ4n) is 2.83. The first-order chi connectivity index (χ1) is 10.1. The highest BCUT2D eigenvalue weighted by atomic mass is 79.9. The third kappa shape index (κ3) is 3.83. The minimum atomic E-state index is -0.174. The average molecular weight is 355 g/mol. The molecule has 1 saturated heterocycles. The monoisotopic (exact) mass is 354 g/mol. The van der Waals surface area contributed by atoms with Crippen molar-refractivity contribution < 1.29 is 9.18 Å². The van der Waals surface area contributed by atoms with Gasteiger partial charge in [-0.3, -0.25) is 4.79 Å². The summed E-state index contributed by atoms with van der Waals surface area (Å²) in [5.74, 6) is 0.476. The van der Waals surface area contributed by atoms with Gasteiger partial charge in [-0.25, -0.2) is 4.39 Å². The Kier molecular flexibility index (Phi) is 4.60. The van der Waals surface area contributed by atoms with Gasteiger partial charge in [0.05, 0.1) is 0 Å². The number of carbonyl (C=O) groups is 1. The largest absolute Gasteiger partial charge is 0.342 e. The van der Waals surface area contributed by atoms with Crippen molar-refractivity contribution in [3.8, 4) is 0 Å². The number of carbonyl (C=O) groups excluding carboxylic acids is 1. The maximum absolute atomic E-state index is 13.7. The zero-order chi connectivity index (χ0) is 14.8. The second-order valence-corrected chi connectivity index (χ2v) is 6.91. The maximum Gasteiger partial charge on any atom is 0.225 e. The van der Waals surface area contributed by atoms with E-state index in [1.807, 2.05) is 11.0 Å². The maximum atomic E-state index is 13.7. The van der Waals surface area contributed by atoms with Crippen LogP contribution in [0.15, 0.2) is 22.7 Å². The molecule has 2 fully saturated rings. The second-order valence-electron chi connectivity index (χ2n) is 5.99. The molecule has 0 bridgehead atoms. The zero-order valence-electron chi connectivity index (χ0n) is 11.9. The molecule has 0 unspecified atom stereocenters. The van der Waals surface area contributed by atoms with E-state index in [0.29, 0.717) is 30.0 Å². The van der Waals surface area contributed by atoms with Crippen LogP contribution in [0.3, 0.4) is 0 Å². The first-order valence-electron chi connectivity index (χ1n) is 7.59. The molecule has 1 aliphatic heterocycles. The summed E-state index contributed by atoms with van der Waals surface area (Å²) in [4.78, 5) is 14.0. The minimum absolute atomic E-state index is 0.174. The second kappa shape index (κ2) is 6.44.